The van der Waals surface area contributed by atoms with Crippen molar-refractivity contribution < 1.29 is 18.0 Å². The first-order valence-electron chi connectivity index (χ1n) is 7.40. The van der Waals surface area contributed by atoms with Gasteiger partial charge in [-0.1, -0.05) is 11.6 Å². The van der Waals surface area contributed by atoms with Crippen molar-refractivity contribution in [2.45, 2.75) is 31.2 Å². The van der Waals surface area contributed by atoms with Crippen LogP contribution in [0.5, 0.6) is 0 Å². The summed E-state index contributed by atoms with van der Waals surface area (Å²) in [6.07, 6.45) is -0.0434. The van der Waals surface area contributed by atoms with Crippen molar-refractivity contribution in [1.29, 1.82) is 0 Å². The Morgan fingerprint density at radius 3 is 2.33 bits per heavy atom. The first-order valence-corrected chi connectivity index (χ1v) is 9.26. The number of amides is 2. The molecule has 0 bridgehead atoms. The van der Waals surface area contributed by atoms with E-state index >= 15 is 0 Å². The van der Waals surface area contributed by atoms with Gasteiger partial charge in [-0.15, -0.1) is 0 Å². The third kappa shape index (κ3) is 6.86. The third-order valence-electron chi connectivity index (χ3n) is 3.01. The Hall–Kier alpha value is -1.64. The fraction of sp³-hybridized carbons (Fsp3) is 0.467. The number of sulfonamides is 1. The van der Waals surface area contributed by atoms with Gasteiger partial charge in [-0.3, -0.25) is 9.59 Å². The number of hydrogen-bond donors (Lipinski definition) is 2. The Bertz CT molecular complexity index is 674. The second-order valence-corrected chi connectivity index (χ2v) is 7.78. The number of halogens is 1. The highest BCUT2D eigenvalue weighted by Crippen LogP contribution is 2.13. The van der Waals surface area contributed by atoms with Crippen LogP contribution >= 0.6 is 11.6 Å². The topological polar surface area (TPSA) is 95.6 Å². The SMILES string of the molecule is CC(C)NC(=O)CN(C)C(=O)CCNS(=O)(=O)c1ccc(Cl)cc1. The Kier molecular flexibility index (Phi) is 7.65. The minimum Gasteiger partial charge on any atom is -0.352 e. The van der Waals surface area contributed by atoms with Crippen molar-refractivity contribution in [1.82, 2.24) is 14.9 Å². The van der Waals surface area contributed by atoms with Gasteiger partial charge in [-0.2, -0.15) is 0 Å². The monoisotopic (exact) mass is 375 g/mol. The molecule has 2 amide bonds. The molecular formula is C15H22ClN3O4S. The van der Waals surface area contributed by atoms with Gasteiger partial charge < -0.3 is 10.2 Å². The lowest BCUT2D eigenvalue weighted by molar-refractivity contribution is -0.134. The number of benzene rings is 1. The molecule has 0 unspecified atom stereocenters. The van der Waals surface area contributed by atoms with Crippen LogP contribution < -0.4 is 10.0 Å². The van der Waals surface area contributed by atoms with E-state index in [1.807, 2.05) is 13.8 Å². The summed E-state index contributed by atoms with van der Waals surface area (Å²) in [5.41, 5.74) is 0. The van der Waals surface area contributed by atoms with Crippen molar-refractivity contribution in [3.8, 4) is 0 Å². The molecule has 0 spiro atoms. The smallest absolute Gasteiger partial charge is 0.240 e. The van der Waals surface area contributed by atoms with Crippen molar-refractivity contribution in [3.05, 3.63) is 29.3 Å². The van der Waals surface area contributed by atoms with Crippen molar-refractivity contribution in [2.75, 3.05) is 20.1 Å². The van der Waals surface area contributed by atoms with E-state index in [4.69, 9.17) is 11.6 Å². The normalized spacial score (nSPS) is 11.4. The quantitative estimate of drug-likeness (QED) is 0.708. The van der Waals surface area contributed by atoms with Gasteiger partial charge in [0.25, 0.3) is 0 Å². The van der Waals surface area contributed by atoms with E-state index in [1.165, 1.54) is 36.2 Å². The molecule has 0 saturated carbocycles. The van der Waals surface area contributed by atoms with E-state index in [0.29, 0.717) is 5.02 Å². The molecule has 1 aromatic carbocycles. The van der Waals surface area contributed by atoms with Crippen molar-refractivity contribution >= 4 is 33.4 Å². The van der Waals surface area contributed by atoms with Crippen LogP contribution in [0.25, 0.3) is 0 Å². The van der Waals surface area contributed by atoms with Gasteiger partial charge in [0.2, 0.25) is 21.8 Å². The lowest BCUT2D eigenvalue weighted by Gasteiger charge is -2.18. The average molecular weight is 376 g/mol. The number of carbonyl (C=O) groups excluding carboxylic acids is 2. The number of carbonyl (C=O) groups is 2. The molecule has 0 aliphatic rings. The maximum absolute atomic E-state index is 12.1. The van der Waals surface area contributed by atoms with Gasteiger partial charge in [-0.25, -0.2) is 13.1 Å². The van der Waals surface area contributed by atoms with Gasteiger partial charge in [0, 0.05) is 31.1 Å². The van der Waals surface area contributed by atoms with Crippen LogP contribution in [0.3, 0.4) is 0 Å². The molecular weight excluding hydrogens is 354 g/mol. The molecule has 134 valence electrons. The van der Waals surface area contributed by atoms with Crippen molar-refractivity contribution in [2.24, 2.45) is 0 Å². The first kappa shape index (κ1) is 20.4. The van der Waals surface area contributed by atoms with Crippen LogP contribution in [0.15, 0.2) is 29.2 Å². The molecule has 0 aliphatic carbocycles. The standard InChI is InChI=1S/C15H22ClN3O4S/c1-11(2)18-14(20)10-19(3)15(21)8-9-17-24(22,23)13-6-4-12(16)5-7-13/h4-7,11,17H,8-10H2,1-3H3,(H,18,20). The molecule has 0 atom stereocenters. The zero-order chi connectivity index (χ0) is 18.3. The van der Waals surface area contributed by atoms with Gasteiger partial charge in [0.05, 0.1) is 11.4 Å². The van der Waals surface area contributed by atoms with Crippen LogP contribution in [0, 0.1) is 0 Å². The van der Waals surface area contributed by atoms with E-state index in [9.17, 15) is 18.0 Å². The predicted octanol–water partition coefficient (Wildman–Crippen LogP) is 0.991. The zero-order valence-corrected chi connectivity index (χ0v) is 15.4. The minimum atomic E-state index is -3.70. The van der Waals surface area contributed by atoms with E-state index in [2.05, 4.69) is 10.0 Å². The van der Waals surface area contributed by atoms with Crippen LogP contribution in [0.4, 0.5) is 0 Å². The number of rotatable bonds is 8. The molecule has 0 fully saturated rings. The van der Waals surface area contributed by atoms with Crippen LogP contribution in [0.1, 0.15) is 20.3 Å². The Balaban J connectivity index is 2.47. The van der Waals surface area contributed by atoms with E-state index in [-0.39, 0.29) is 42.3 Å². The highest BCUT2D eigenvalue weighted by atomic mass is 35.5. The average Bonchev–Trinajstić information content (AvgIpc) is 2.46. The summed E-state index contributed by atoms with van der Waals surface area (Å²) in [5, 5.41) is 3.12. The highest BCUT2D eigenvalue weighted by Gasteiger charge is 2.16. The van der Waals surface area contributed by atoms with Crippen LogP contribution in [0.2, 0.25) is 5.02 Å². The Morgan fingerprint density at radius 2 is 1.79 bits per heavy atom. The molecule has 1 rings (SSSR count). The molecule has 0 radical (unpaired) electrons. The molecule has 2 N–H and O–H groups in total. The lowest BCUT2D eigenvalue weighted by Crippen LogP contribution is -2.41. The van der Waals surface area contributed by atoms with E-state index < -0.39 is 10.0 Å². The fourth-order valence-corrected chi connectivity index (χ4v) is 3.01. The van der Waals surface area contributed by atoms with E-state index in [1.54, 1.807) is 0 Å². The molecule has 0 saturated heterocycles. The van der Waals surface area contributed by atoms with Crippen molar-refractivity contribution in [3.63, 3.8) is 0 Å². The maximum atomic E-state index is 12.1. The summed E-state index contributed by atoms with van der Waals surface area (Å²) < 4.78 is 26.4. The summed E-state index contributed by atoms with van der Waals surface area (Å²) in [7, 11) is -2.20. The number of nitrogens with zero attached hydrogens (tertiary/aromatic N) is 1. The molecule has 0 aromatic heterocycles. The number of hydrogen-bond acceptors (Lipinski definition) is 4. The molecule has 9 heteroatoms. The summed E-state index contributed by atoms with van der Waals surface area (Å²) in [5.74, 6) is -0.588. The van der Waals surface area contributed by atoms with Gasteiger partial charge >= 0.3 is 0 Å². The zero-order valence-electron chi connectivity index (χ0n) is 13.9. The van der Waals surface area contributed by atoms with Gasteiger partial charge in [0.1, 0.15) is 0 Å². The number of nitrogens with one attached hydrogen (secondary N) is 2. The second-order valence-electron chi connectivity index (χ2n) is 5.57. The molecule has 1 aromatic rings. The summed E-state index contributed by atoms with van der Waals surface area (Å²) in [4.78, 5) is 24.8. The first-order chi connectivity index (χ1) is 11.1. The second kappa shape index (κ2) is 9.00. The fourth-order valence-electron chi connectivity index (χ4n) is 1.85. The maximum Gasteiger partial charge on any atom is 0.240 e. The molecule has 7 nitrogen and oxygen atoms in total. The Morgan fingerprint density at radius 1 is 1.21 bits per heavy atom. The molecule has 0 aliphatic heterocycles. The van der Waals surface area contributed by atoms with Crippen LogP contribution in [-0.2, 0) is 19.6 Å². The summed E-state index contributed by atoms with van der Waals surface area (Å²) in [6, 6.07) is 5.71. The minimum absolute atomic E-state index is 0.00723. The van der Waals surface area contributed by atoms with E-state index in [0.717, 1.165) is 0 Å². The predicted molar refractivity (Wildman–Crippen MR) is 92.2 cm³/mol. The lowest BCUT2D eigenvalue weighted by atomic mass is 10.3. The molecule has 24 heavy (non-hydrogen) atoms. The van der Waals surface area contributed by atoms with Gasteiger partial charge in [-0.05, 0) is 38.1 Å². The Labute approximate surface area is 147 Å². The third-order valence-corrected chi connectivity index (χ3v) is 4.74. The van der Waals surface area contributed by atoms with Gasteiger partial charge in [0.15, 0.2) is 0 Å². The largest absolute Gasteiger partial charge is 0.352 e. The molecule has 0 heterocycles. The highest BCUT2D eigenvalue weighted by molar-refractivity contribution is 7.89. The summed E-state index contributed by atoms with van der Waals surface area (Å²) >= 11 is 5.72. The van der Waals surface area contributed by atoms with Crippen LogP contribution in [-0.4, -0.2) is 51.3 Å². The number of likely N-dealkylation sites (N-methyl/N-ethyl adjacent to an activating group) is 1. The summed E-state index contributed by atoms with van der Waals surface area (Å²) in [6.45, 7) is 3.53.